The second-order valence-corrected chi connectivity index (χ2v) is 19.2. The van der Waals surface area contributed by atoms with Gasteiger partial charge in [0, 0.05) is 71.7 Å². The normalized spacial score (nSPS) is 13.9. The molecule has 0 saturated carbocycles. The van der Waals surface area contributed by atoms with Gasteiger partial charge in [-0.15, -0.1) is 23.6 Å². The molecule has 0 unspecified atom stereocenters. The average Bonchev–Trinajstić information content (AvgIpc) is 3.38. The number of aliphatic hydroxyl groups is 1. The summed E-state index contributed by atoms with van der Waals surface area (Å²) < 4.78 is 2.70. The Labute approximate surface area is 302 Å². The van der Waals surface area contributed by atoms with Gasteiger partial charge in [0.1, 0.15) is 8.24 Å². The van der Waals surface area contributed by atoms with Gasteiger partial charge in [0.15, 0.2) is 5.78 Å². The van der Waals surface area contributed by atoms with Crippen LogP contribution in [-0.4, -0.2) is 28.3 Å². The van der Waals surface area contributed by atoms with Crippen LogP contribution in [-0.2, 0) is 31.3 Å². The van der Waals surface area contributed by atoms with E-state index in [9.17, 15) is 9.90 Å². The number of carbonyl (C=O) groups is 1. The molecule has 257 valence electrons. The SMILES string of the molecule is CCC(CC)C(=O)/C=C(\O)C(CC)CC.Cc1c(CC(C)(C)C)ccc2c3ccnc4c3n(c12)[Si](C)(C)c1cc2ccccc2[c-]c1-4.[Ir]. The number of rotatable bonds is 8. The number of carbonyl (C=O) groups excluding carboxylic acids is 1. The van der Waals surface area contributed by atoms with Gasteiger partial charge in [0.2, 0.25) is 0 Å². The van der Waals surface area contributed by atoms with Gasteiger partial charge in [0.05, 0.1) is 5.76 Å². The molecule has 6 heteroatoms. The van der Waals surface area contributed by atoms with Gasteiger partial charge in [-0.2, -0.15) is 0 Å². The summed E-state index contributed by atoms with van der Waals surface area (Å²) in [5, 5.41) is 16.3. The Morgan fingerprint density at radius 3 is 2.19 bits per heavy atom. The molecular weight excluding hydrogens is 785 g/mol. The van der Waals surface area contributed by atoms with Crippen molar-refractivity contribution in [3.63, 3.8) is 0 Å². The van der Waals surface area contributed by atoms with Gasteiger partial charge in [-0.05, 0) is 61.6 Å². The molecule has 0 fully saturated rings. The minimum absolute atomic E-state index is 0. The third-order valence-electron chi connectivity index (χ3n) is 10.3. The molecule has 0 bridgehead atoms. The maximum absolute atomic E-state index is 11.7. The first kappa shape index (κ1) is 37.8. The summed E-state index contributed by atoms with van der Waals surface area (Å²) in [5.74, 6) is 0.547. The number of ketones is 1. The topological polar surface area (TPSA) is 55.1 Å². The molecule has 1 aliphatic rings. The van der Waals surface area contributed by atoms with Crippen molar-refractivity contribution in [3.8, 4) is 11.3 Å². The van der Waals surface area contributed by atoms with Crippen LogP contribution in [0.3, 0.4) is 0 Å². The molecule has 0 atom stereocenters. The predicted octanol–water partition coefficient (Wildman–Crippen LogP) is 10.8. The van der Waals surface area contributed by atoms with Crippen LogP contribution in [0.15, 0.2) is 66.6 Å². The van der Waals surface area contributed by atoms with Crippen molar-refractivity contribution in [1.29, 1.82) is 0 Å². The summed E-state index contributed by atoms with van der Waals surface area (Å²) in [6.07, 6.45) is 7.97. The predicted molar refractivity (Wildman–Crippen MR) is 203 cm³/mol. The van der Waals surface area contributed by atoms with Gasteiger partial charge < -0.3 is 9.34 Å². The number of allylic oxidation sites excluding steroid dienone is 2. The molecule has 3 aromatic carbocycles. The van der Waals surface area contributed by atoms with E-state index in [0.717, 1.165) is 37.8 Å². The second kappa shape index (κ2) is 14.8. The van der Waals surface area contributed by atoms with E-state index in [0.29, 0.717) is 0 Å². The summed E-state index contributed by atoms with van der Waals surface area (Å²) >= 11 is 0. The standard InChI is InChI=1S/C29H29N2Si.C13H24O2.Ir/c1-18-21(17-29(2,3)4)11-12-22-23-13-14-30-26-24-15-19-9-7-8-10-20(19)16-25(24)32(5,6)31(27(18)22)28(23)26;1-5-10(6-2)12(14)9-13(15)11(7-3)8-4;/h7-14,16H,17H2,1-6H3;9-11,14H,5-8H2,1-4H3;/q-1;;/b;12-9-;. The smallest absolute Gasteiger partial charge is 0.162 e. The maximum atomic E-state index is 11.7. The minimum atomic E-state index is -2.06. The van der Waals surface area contributed by atoms with Crippen LogP contribution in [0, 0.1) is 30.2 Å². The summed E-state index contributed by atoms with van der Waals surface area (Å²) in [4.78, 5) is 16.6. The zero-order chi connectivity index (χ0) is 34.3. The summed E-state index contributed by atoms with van der Waals surface area (Å²) in [5.41, 5.74) is 8.14. The van der Waals surface area contributed by atoms with E-state index in [1.165, 1.54) is 60.5 Å². The number of fused-ring (bicyclic) bond motifs is 6. The third-order valence-corrected chi connectivity index (χ3v) is 13.5. The van der Waals surface area contributed by atoms with Gasteiger partial charge in [-0.25, -0.2) is 0 Å². The number of nitrogens with zero attached hydrogens (tertiary/aromatic N) is 2. The van der Waals surface area contributed by atoms with Crippen molar-refractivity contribution in [3.05, 3.63) is 83.8 Å². The van der Waals surface area contributed by atoms with E-state index < -0.39 is 8.24 Å². The molecule has 0 aliphatic carbocycles. The van der Waals surface area contributed by atoms with Gasteiger partial charge in [-0.3, -0.25) is 9.78 Å². The van der Waals surface area contributed by atoms with E-state index in [1.54, 1.807) is 0 Å². The summed E-state index contributed by atoms with van der Waals surface area (Å²) in [6, 6.07) is 21.7. The van der Waals surface area contributed by atoms with Crippen molar-refractivity contribution in [1.82, 2.24) is 9.22 Å². The van der Waals surface area contributed by atoms with Crippen molar-refractivity contribution >= 4 is 51.8 Å². The molecular formula is C42H53IrN2O2Si-. The molecule has 3 heterocycles. The quantitative estimate of drug-likeness (QED) is 0.0733. The molecule has 5 aromatic rings. The van der Waals surface area contributed by atoms with E-state index in [1.807, 2.05) is 33.9 Å². The Hall–Kier alpha value is -3.05. The number of pyridine rings is 1. The fourth-order valence-corrected chi connectivity index (χ4v) is 10.7. The molecule has 6 rings (SSSR count). The number of aryl methyl sites for hydroxylation is 1. The molecule has 1 aliphatic heterocycles. The van der Waals surface area contributed by atoms with E-state index in [-0.39, 0.29) is 48.9 Å². The van der Waals surface area contributed by atoms with Gasteiger partial charge in [0.25, 0.3) is 0 Å². The fourth-order valence-electron chi connectivity index (χ4n) is 7.50. The largest absolute Gasteiger partial charge is 0.512 e. The molecule has 0 amide bonds. The zero-order valence-corrected chi connectivity index (χ0v) is 33.9. The Morgan fingerprint density at radius 2 is 1.56 bits per heavy atom. The van der Waals surface area contributed by atoms with Crippen molar-refractivity contribution in [2.45, 2.75) is 101 Å². The number of hydrogen-bond acceptors (Lipinski definition) is 3. The molecule has 4 nitrogen and oxygen atoms in total. The van der Waals surface area contributed by atoms with Crippen LogP contribution in [0.25, 0.3) is 43.8 Å². The van der Waals surface area contributed by atoms with E-state index in [4.69, 9.17) is 4.98 Å². The number of hydrogen-bond donors (Lipinski definition) is 1. The zero-order valence-electron chi connectivity index (χ0n) is 30.5. The minimum Gasteiger partial charge on any atom is -0.512 e. The molecule has 0 spiro atoms. The van der Waals surface area contributed by atoms with Crippen LogP contribution in [0.2, 0.25) is 13.1 Å². The first-order valence-electron chi connectivity index (χ1n) is 17.6. The van der Waals surface area contributed by atoms with E-state index in [2.05, 4.69) is 99.6 Å². The molecule has 2 aromatic heterocycles. The Balaban J connectivity index is 0.000000279. The molecule has 48 heavy (non-hydrogen) atoms. The number of benzene rings is 3. The van der Waals surface area contributed by atoms with Crippen molar-refractivity contribution in [2.24, 2.45) is 17.3 Å². The monoisotopic (exact) mass is 838 g/mol. The van der Waals surface area contributed by atoms with Gasteiger partial charge >= 0.3 is 0 Å². The Kier molecular flexibility index (Phi) is 11.7. The first-order valence-corrected chi connectivity index (χ1v) is 20.5. The molecule has 0 saturated heterocycles. The van der Waals surface area contributed by atoms with Crippen LogP contribution in [0.1, 0.15) is 85.3 Å². The second-order valence-electron chi connectivity index (χ2n) is 15.1. The van der Waals surface area contributed by atoms with Crippen LogP contribution in [0.4, 0.5) is 0 Å². The van der Waals surface area contributed by atoms with Crippen LogP contribution >= 0.6 is 0 Å². The Morgan fingerprint density at radius 1 is 0.938 bits per heavy atom. The first-order chi connectivity index (χ1) is 22.3. The fraction of sp³-hybridized carbons (Fsp3) is 0.429. The number of aromatic nitrogens is 2. The molecule has 1 N–H and O–H groups in total. The van der Waals surface area contributed by atoms with E-state index >= 15 is 0 Å². The average molecular weight is 838 g/mol. The molecule has 1 radical (unpaired) electrons. The third kappa shape index (κ3) is 6.99. The summed E-state index contributed by atoms with van der Waals surface area (Å²) in [7, 11) is -2.06. The maximum Gasteiger partial charge on any atom is 0.162 e. The summed E-state index contributed by atoms with van der Waals surface area (Å²) in [6.45, 7) is 22.3. The van der Waals surface area contributed by atoms with Crippen LogP contribution in [0.5, 0.6) is 0 Å². The number of aliphatic hydroxyl groups excluding tert-OH is 1. The van der Waals surface area contributed by atoms with Crippen LogP contribution < -0.4 is 5.19 Å². The van der Waals surface area contributed by atoms with Crippen molar-refractivity contribution in [2.75, 3.05) is 0 Å². The van der Waals surface area contributed by atoms with Gasteiger partial charge in [-0.1, -0.05) is 108 Å². The van der Waals surface area contributed by atoms with Crippen molar-refractivity contribution < 1.29 is 30.0 Å². The Bertz CT molecular complexity index is 1970.